The van der Waals surface area contributed by atoms with Crippen LogP contribution in [0.4, 0.5) is 0 Å². The van der Waals surface area contributed by atoms with Crippen LogP contribution in [0, 0.1) is 6.42 Å². The van der Waals surface area contributed by atoms with Crippen LogP contribution in [0.25, 0.3) is 0 Å². The van der Waals surface area contributed by atoms with E-state index in [1.807, 2.05) is 0 Å². The van der Waals surface area contributed by atoms with Crippen molar-refractivity contribution < 1.29 is 5.11 Å². The van der Waals surface area contributed by atoms with Crippen LogP contribution in [0.3, 0.4) is 0 Å². The molecule has 0 atom stereocenters. The Morgan fingerprint density at radius 2 is 1.83 bits per heavy atom. The van der Waals surface area contributed by atoms with Crippen LogP contribution in [0.2, 0.25) is 0 Å². The van der Waals surface area contributed by atoms with Crippen molar-refractivity contribution in [3.8, 4) is 0 Å². The predicted molar refractivity (Wildman–Crippen MR) is 50.9 cm³/mol. The molecular weight excluding hydrogens is 150 g/mol. The van der Waals surface area contributed by atoms with E-state index in [1.165, 1.54) is 38.9 Å². The van der Waals surface area contributed by atoms with E-state index in [4.69, 9.17) is 5.11 Å². The topological polar surface area (TPSA) is 23.5 Å². The number of hydrogen-bond acceptors (Lipinski definition) is 2. The molecule has 2 nitrogen and oxygen atoms in total. The molecular formula is C10H20NO. The molecule has 71 valence electrons. The predicted octanol–water partition coefficient (Wildman–Crippen LogP) is 1.45. The van der Waals surface area contributed by atoms with Crippen molar-refractivity contribution in [3.05, 3.63) is 6.42 Å². The quantitative estimate of drug-likeness (QED) is 0.631. The average molecular weight is 170 g/mol. The number of nitrogens with zero attached hydrogens (tertiary/aromatic N) is 1. The molecule has 0 aromatic heterocycles. The van der Waals surface area contributed by atoms with Gasteiger partial charge in [-0.2, -0.15) is 0 Å². The molecule has 0 aromatic carbocycles. The number of unbranched alkanes of at least 4 members (excludes halogenated alkanes) is 2. The smallest absolute Gasteiger partial charge is 0.0433 e. The van der Waals surface area contributed by atoms with Crippen molar-refractivity contribution in [3.63, 3.8) is 0 Å². The van der Waals surface area contributed by atoms with Crippen LogP contribution in [-0.2, 0) is 0 Å². The summed E-state index contributed by atoms with van der Waals surface area (Å²) in [4.78, 5) is 2.53. The van der Waals surface area contributed by atoms with Crippen LogP contribution in [-0.4, -0.2) is 36.2 Å². The van der Waals surface area contributed by atoms with Gasteiger partial charge in [-0.15, -0.1) is 0 Å². The van der Waals surface area contributed by atoms with Crippen molar-refractivity contribution in [1.29, 1.82) is 0 Å². The summed E-state index contributed by atoms with van der Waals surface area (Å²) in [6, 6.07) is 0. The SMILES string of the molecule is OCC[CH]CCN1CCCCC1. The molecule has 0 spiro atoms. The number of hydrogen-bond donors (Lipinski definition) is 1. The van der Waals surface area contributed by atoms with Gasteiger partial charge in [-0.1, -0.05) is 6.42 Å². The lowest BCUT2D eigenvalue weighted by Gasteiger charge is -2.26. The molecule has 1 aliphatic heterocycles. The Morgan fingerprint density at radius 3 is 2.50 bits per heavy atom. The lowest BCUT2D eigenvalue weighted by molar-refractivity contribution is 0.228. The molecule has 1 fully saturated rings. The first-order chi connectivity index (χ1) is 5.93. The molecule has 1 heterocycles. The Labute approximate surface area is 75.6 Å². The first kappa shape index (κ1) is 10.0. The zero-order valence-electron chi connectivity index (χ0n) is 7.84. The average Bonchev–Trinajstić information content (AvgIpc) is 2.14. The number of aliphatic hydroxyl groups excluding tert-OH is 1. The fourth-order valence-electron chi connectivity index (χ4n) is 1.69. The first-order valence-electron chi connectivity index (χ1n) is 5.08. The van der Waals surface area contributed by atoms with Gasteiger partial charge in [0.1, 0.15) is 0 Å². The largest absolute Gasteiger partial charge is 0.396 e. The standard InChI is InChI=1S/C10H20NO/c12-10-6-2-5-9-11-7-3-1-4-8-11/h2,12H,1,3-10H2. The zero-order valence-corrected chi connectivity index (χ0v) is 7.84. The van der Waals surface area contributed by atoms with Crippen LogP contribution in [0.5, 0.6) is 0 Å². The summed E-state index contributed by atoms with van der Waals surface area (Å²) >= 11 is 0. The highest BCUT2D eigenvalue weighted by Crippen LogP contribution is 2.09. The number of likely N-dealkylation sites (tertiary alicyclic amines) is 1. The molecule has 2 heteroatoms. The zero-order chi connectivity index (χ0) is 8.65. The Kier molecular flexibility index (Phi) is 5.37. The van der Waals surface area contributed by atoms with Gasteiger partial charge in [0.25, 0.3) is 0 Å². The van der Waals surface area contributed by atoms with Crippen molar-refractivity contribution in [1.82, 2.24) is 4.90 Å². The third-order valence-electron chi connectivity index (χ3n) is 2.43. The van der Waals surface area contributed by atoms with Gasteiger partial charge >= 0.3 is 0 Å². The third-order valence-corrected chi connectivity index (χ3v) is 2.43. The molecule has 1 radical (unpaired) electrons. The van der Waals surface area contributed by atoms with Gasteiger partial charge in [-0.05, 0) is 51.7 Å². The molecule has 1 rings (SSSR count). The maximum atomic E-state index is 8.56. The summed E-state index contributed by atoms with van der Waals surface area (Å²) in [5.74, 6) is 0. The fraction of sp³-hybridized carbons (Fsp3) is 0.900. The van der Waals surface area contributed by atoms with Gasteiger partial charge in [0.15, 0.2) is 0 Å². The van der Waals surface area contributed by atoms with E-state index in [-0.39, 0.29) is 0 Å². The molecule has 0 bridgehead atoms. The second-order valence-corrected chi connectivity index (χ2v) is 3.49. The summed E-state index contributed by atoms with van der Waals surface area (Å²) in [6.07, 6.45) is 8.35. The molecule has 1 N–H and O–H groups in total. The lowest BCUT2D eigenvalue weighted by Crippen LogP contribution is -2.30. The van der Waals surface area contributed by atoms with Gasteiger partial charge in [0.05, 0.1) is 0 Å². The molecule has 0 unspecified atom stereocenters. The molecule has 0 aliphatic carbocycles. The summed E-state index contributed by atoms with van der Waals surface area (Å²) in [7, 11) is 0. The third kappa shape index (κ3) is 4.07. The van der Waals surface area contributed by atoms with Crippen molar-refractivity contribution in [2.45, 2.75) is 32.1 Å². The maximum Gasteiger partial charge on any atom is 0.0433 e. The van der Waals surface area contributed by atoms with Crippen LogP contribution < -0.4 is 0 Å². The van der Waals surface area contributed by atoms with Crippen molar-refractivity contribution in [2.24, 2.45) is 0 Å². The van der Waals surface area contributed by atoms with E-state index in [0.717, 1.165) is 12.8 Å². The molecule has 1 aliphatic rings. The lowest BCUT2D eigenvalue weighted by atomic mass is 10.1. The van der Waals surface area contributed by atoms with Crippen LogP contribution >= 0.6 is 0 Å². The van der Waals surface area contributed by atoms with E-state index in [2.05, 4.69) is 11.3 Å². The number of rotatable bonds is 5. The number of aliphatic hydroxyl groups is 1. The van der Waals surface area contributed by atoms with Crippen molar-refractivity contribution >= 4 is 0 Å². The summed E-state index contributed by atoms with van der Waals surface area (Å²) in [5.41, 5.74) is 0. The van der Waals surface area contributed by atoms with Gasteiger partial charge < -0.3 is 10.0 Å². The summed E-state index contributed by atoms with van der Waals surface area (Å²) in [6.45, 7) is 4.07. The van der Waals surface area contributed by atoms with Gasteiger partial charge in [-0.25, -0.2) is 0 Å². The van der Waals surface area contributed by atoms with Gasteiger partial charge in [0, 0.05) is 6.61 Å². The molecule has 0 aromatic rings. The highest BCUT2D eigenvalue weighted by molar-refractivity contribution is 4.70. The minimum absolute atomic E-state index is 0.306. The van der Waals surface area contributed by atoms with E-state index in [9.17, 15) is 0 Å². The minimum atomic E-state index is 0.306. The van der Waals surface area contributed by atoms with Crippen molar-refractivity contribution in [2.75, 3.05) is 26.2 Å². The second-order valence-electron chi connectivity index (χ2n) is 3.49. The Hall–Kier alpha value is -0.0800. The summed E-state index contributed by atoms with van der Waals surface area (Å²) in [5, 5.41) is 8.56. The molecule has 1 saturated heterocycles. The Morgan fingerprint density at radius 1 is 1.08 bits per heavy atom. The van der Waals surface area contributed by atoms with Crippen LogP contribution in [0.1, 0.15) is 32.1 Å². The minimum Gasteiger partial charge on any atom is -0.396 e. The number of piperidine rings is 1. The highest BCUT2D eigenvalue weighted by Gasteiger charge is 2.08. The Balaban J connectivity index is 1.91. The van der Waals surface area contributed by atoms with E-state index in [1.54, 1.807) is 0 Å². The Bertz CT molecular complexity index is 100. The fourth-order valence-corrected chi connectivity index (χ4v) is 1.69. The maximum absolute atomic E-state index is 8.56. The van der Waals surface area contributed by atoms with Gasteiger partial charge in [-0.3, -0.25) is 0 Å². The van der Waals surface area contributed by atoms with E-state index >= 15 is 0 Å². The normalized spacial score (nSPS) is 19.8. The monoisotopic (exact) mass is 170 g/mol. The first-order valence-corrected chi connectivity index (χ1v) is 5.08. The van der Waals surface area contributed by atoms with Gasteiger partial charge in [0.2, 0.25) is 0 Å². The highest BCUT2D eigenvalue weighted by atomic mass is 16.2. The van der Waals surface area contributed by atoms with E-state index < -0.39 is 0 Å². The van der Waals surface area contributed by atoms with E-state index in [0.29, 0.717) is 6.61 Å². The van der Waals surface area contributed by atoms with Crippen LogP contribution in [0.15, 0.2) is 0 Å². The molecule has 0 saturated carbocycles. The summed E-state index contributed by atoms with van der Waals surface area (Å²) < 4.78 is 0. The second kappa shape index (κ2) is 6.44. The molecule has 0 amide bonds. The molecule has 12 heavy (non-hydrogen) atoms.